The predicted octanol–water partition coefficient (Wildman–Crippen LogP) is 23.4. The molecule has 0 spiro atoms. The Balaban J connectivity index is 0.000000134. The Morgan fingerprint density at radius 2 is 0.479 bits per heavy atom. The van der Waals surface area contributed by atoms with Gasteiger partial charge in [-0.15, -0.1) is 0 Å². The van der Waals surface area contributed by atoms with Gasteiger partial charge < -0.3 is 62.8 Å². The molecule has 6 heterocycles. The highest BCUT2D eigenvalue weighted by atomic mass is 16.5. The highest BCUT2D eigenvalue weighted by Crippen LogP contribution is 2.35. The number of aromatic nitrogens is 12. The summed E-state index contributed by atoms with van der Waals surface area (Å²) in [5.74, 6) is 9.47. The van der Waals surface area contributed by atoms with Crippen molar-refractivity contribution in [2.45, 2.75) is 130 Å². The Hall–Kier alpha value is -16.5. The van der Waals surface area contributed by atoms with Crippen LogP contribution < -0.4 is 62.8 Å². The van der Waals surface area contributed by atoms with E-state index in [9.17, 15) is 0 Å². The van der Waals surface area contributed by atoms with E-state index in [1.165, 1.54) is 57.8 Å². The number of hydrogen-bond acceptors (Lipinski definition) is 24. The van der Waals surface area contributed by atoms with Crippen LogP contribution in [0.2, 0.25) is 0 Å². The maximum Gasteiger partial charge on any atom is 0.145 e. The Morgan fingerprint density at radius 1 is 0.257 bits per heavy atom. The summed E-state index contributed by atoms with van der Waals surface area (Å²) < 4.78 is 32.5. The van der Waals surface area contributed by atoms with Gasteiger partial charge in [-0.1, -0.05) is 209 Å². The zero-order valence-corrected chi connectivity index (χ0v) is 80.3. The van der Waals surface area contributed by atoms with E-state index in [1.54, 1.807) is 58.5 Å². The molecular weight excluding hydrogens is 1740 g/mol. The van der Waals surface area contributed by atoms with Gasteiger partial charge >= 0.3 is 0 Å². The van der Waals surface area contributed by atoms with Crippen molar-refractivity contribution in [3.8, 4) is 102 Å². The van der Waals surface area contributed by atoms with Gasteiger partial charge in [0.15, 0.2) is 0 Å². The first-order valence-corrected chi connectivity index (χ1v) is 47.5. The number of nitrogens with two attached hydrogens (primary N) is 6. The summed E-state index contributed by atoms with van der Waals surface area (Å²) in [6.45, 7) is 7.19. The molecule has 0 bridgehead atoms. The molecule has 11 aromatic carbocycles. The summed E-state index contributed by atoms with van der Waals surface area (Å²) in [6.07, 6.45) is 26.9. The molecule has 24 heteroatoms. The molecule has 712 valence electrons. The third-order valence-electron chi connectivity index (χ3n) is 23.8. The Morgan fingerprint density at radius 3 is 0.729 bits per heavy atom. The average molecular weight is 1860 g/mol. The monoisotopic (exact) mass is 1860 g/mol. The second-order valence-electron chi connectivity index (χ2n) is 34.4. The SMILES string of the molecule is CC(C)Oc1ccc(-c2cnc(N)c(Cc3ccccc3)n2)cc1.CCOc1ccc(-c2cnc(N)c(Cc3ccccc3)n2)cc1.COc1ccc(-c2cnc(N)c(CC3CCCC3)n2)cc1.COc1ccc(-c2cnc(N)c(CC3CCCCC3)n2)cc1.COc1ccc(-c2cnc(N)c(Cc3ccccc3)n2)cc1.Nc1ncc(-c2ccc(OCc3ccccc3)cc2)nc1Cc1ccccc1. The molecule has 2 aliphatic rings. The number of anilines is 6. The van der Waals surface area contributed by atoms with E-state index in [0.29, 0.717) is 85.6 Å². The van der Waals surface area contributed by atoms with E-state index in [0.717, 1.165) is 177 Å². The lowest BCUT2D eigenvalue weighted by Gasteiger charge is -2.21. The van der Waals surface area contributed by atoms with Crippen LogP contribution in [0.5, 0.6) is 34.5 Å². The Bertz CT molecular complexity index is 6660. The molecule has 2 aliphatic carbocycles. The van der Waals surface area contributed by atoms with Gasteiger partial charge in [0.25, 0.3) is 0 Å². The van der Waals surface area contributed by atoms with Crippen molar-refractivity contribution in [1.29, 1.82) is 0 Å². The van der Waals surface area contributed by atoms with Gasteiger partial charge in [-0.3, -0.25) is 0 Å². The minimum absolute atomic E-state index is 0.157. The van der Waals surface area contributed by atoms with Gasteiger partial charge in [-0.2, -0.15) is 0 Å². The second kappa shape index (κ2) is 51.4. The van der Waals surface area contributed by atoms with E-state index in [1.807, 2.05) is 269 Å². The van der Waals surface area contributed by atoms with E-state index < -0.39 is 0 Å². The van der Waals surface area contributed by atoms with Gasteiger partial charge in [-0.25, -0.2) is 59.8 Å². The van der Waals surface area contributed by atoms with Crippen molar-refractivity contribution < 1.29 is 28.4 Å². The lowest BCUT2D eigenvalue weighted by atomic mass is 9.86. The molecule has 6 aromatic heterocycles. The summed E-state index contributed by atoms with van der Waals surface area (Å²) in [7, 11) is 4.98. The van der Waals surface area contributed by atoms with Crippen LogP contribution in [0.1, 0.15) is 141 Å². The molecular formula is C116H122N18O6. The summed E-state index contributed by atoms with van der Waals surface area (Å²) >= 11 is 0. The predicted molar refractivity (Wildman–Crippen MR) is 562 cm³/mol. The third-order valence-corrected chi connectivity index (χ3v) is 23.8. The molecule has 17 aromatic rings. The van der Waals surface area contributed by atoms with Crippen LogP contribution in [-0.2, 0) is 45.1 Å². The molecule has 0 atom stereocenters. The Labute approximate surface area is 820 Å². The number of nitrogen functional groups attached to an aromatic ring is 6. The van der Waals surface area contributed by atoms with E-state index >= 15 is 0 Å². The minimum atomic E-state index is 0.157. The largest absolute Gasteiger partial charge is 0.497 e. The van der Waals surface area contributed by atoms with Crippen LogP contribution in [0.25, 0.3) is 67.5 Å². The molecule has 2 saturated carbocycles. The molecule has 0 aliphatic heterocycles. The van der Waals surface area contributed by atoms with Crippen molar-refractivity contribution in [2.75, 3.05) is 62.3 Å². The fourth-order valence-electron chi connectivity index (χ4n) is 16.2. The molecule has 19 rings (SSSR count). The standard InChI is InChI=1S/C24H21N3O.C20H21N3O.C19H19N3O.C18H23N3O.C18H17N3O.C17H21N3O/c25-24-22(15-18-7-3-1-4-8-18)27-23(16-26-24)20-11-13-21(14-12-20)28-17-19-9-5-2-6-10-19;1-14(2)24-17-10-8-16(9-11-17)19-13-22-20(21)18(23-19)12-15-6-4-3-5-7-15;1-2-23-16-10-8-15(9-11-16)18-13-21-19(20)17(22-18)12-14-6-4-3-5-7-14;2*1-22-15-9-7-14(8-10-15)17-12-20-18(19)16(21-17)11-13-5-3-2-4-6-13;1-21-14-8-6-13(7-9-14)16-11-19-17(18)15(20-16)10-12-4-2-3-5-12/h1-14,16H,15,17H2,(H2,25,26);3-11,13-14H,12H2,1-2H3,(H2,21,22);3-11,13H,2,12H2,1H3,(H2,20,21);7-10,12-13H,2-6,11H2,1H3,(H2,19,20);2-10,12H,11H2,1H3,(H2,19,20);6-9,11-12H,2-5,10H2,1H3,(H2,18,19). The number of nitrogens with zero attached hydrogens (tertiary/aromatic N) is 12. The average Bonchev–Trinajstić information content (AvgIpc) is 1.45. The molecule has 24 nitrogen and oxygen atoms in total. The topological polar surface area (TPSA) is 366 Å². The zero-order valence-electron chi connectivity index (χ0n) is 80.3. The molecule has 0 radical (unpaired) electrons. The van der Waals surface area contributed by atoms with E-state index in [2.05, 4.69) is 88.4 Å². The molecule has 0 amide bonds. The number of benzene rings is 11. The maximum absolute atomic E-state index is 6.04. The first-order chi connectivity index (χ1) is 68.4. The van der Waals surface area contributed by atoms with Gasteiger partial charge in [0.05, 0.1) is 140 Å². The smallest absolute Gasteiger partial charge is 0.145 e. The highest BCUT2D eigenvalue weighted by Gasteiger charge is 2.22. The van der Waals surface area contributed by atoms with Crippen LogP contribution >= 0.6 is 0 Å². The second-order valence-corrected chi connectivity index (χ2v) is 34.4. The summed E-state index contributed by atoms with van der Waals surface area (Å²) in [4.78, 5) is 54.2. The van der Waals surface area contributed by atoms with Crippen molar-refractivity contribution in [2.24, 2.45) is 11.8 Å². The molecule has 12 N–H and O–H groups in total. The number of methoxy groups -OCH3 is 3. The number of hydrogen-bond donors (Lipinski definition) is 6. The molecule has 0 unspecified atom stereocenters. The quantitative estimate of drug-likeness (QED) is 0.0265. The maximum atomic E-state index is 6.04. The fourth-order valence-corrected chi connectivity index (χ4v) is 16.2. The lowest BCUT2D eigenvalue weighted by molar-refractivity contribution is 0.242. The first kappa shape index (κ1) is 99.5. The lowest BCUT2D eigenvalue weighted by Crippen LogP contribution is -2.12. The summed E-state index contributed by atoms with van der Waals surface area (Å²) in [5.41, 5.74) is 57.9. The minimum Gasteiger partial charge on any atom is -0.497 e. The van der Waals surface area contributed by atoms with Crippen LogP contribution in [0.15, 0.2) is 334 Å². The van der Waals surface area contributed by atoms with Crippen molar-refractivity contribution >= 4 is 34.9 Å². The highest BCUT2D eigenvalue weighted by molar-refractivity contribution is 5.67. The molecule has 140 heavy (non-hydrogen) atoms. The summed E-state index contributed by atoms with van der Waals surface area (Å²) in [5, 5.41) is 0. The van der Waals surface area contributed by atoms with Gasteiger partial charge in [0, 0.05) is 59.1 Å². The third kappa shape index (κ3) is 30.0. The normalized spacial score (nSPS) is 12.1. The molecule has 0 saturated heterocycles. The molecule has 2 fully saturated rings. The van der Waals surface area contributed by atoms with Crippen LogP contribution in [0.4, 0.5) is 34.9 Å². The van der Waals surface area contributed by atoms with Crippen LogP contribution in [-0.4, -0.2) is 93.8 Å². The van der Waals surface area contributed by atoms with Gasteiger partial charge in [0.2, 0.25) is 0 Å². The van der Waals surface area contributed by atoms with Crippen molar-refractivity contribution in [3.05, 3.63) is 396 Å². The van der Waals surface area contributed by atoms with Crippen molar-refractivity contribution in [3.63, 3.8) is 0 Å². The van der Waals surface area contributed by atoms with Gasteiger partial charge in [0.1, 0.15) is 76.0 Å². The van der Waals surface area contributed by atoms with Crippen LogP contribution in [0, 0.1) is 11.8 Å². The van der Waals surface area contributed by atoms with E-state index in [4.69, 9.17) is 82.8 Å². The number of ether oxygens (including phenoxy) is 6. The van der Waals surface area contributed by atoms with Crippen molar-refractivity contribution in [1.82, 2.24) is 59.8 Å². The van der Waals surface area contributed by atoms with Crippen LogP contribution in [0.3, 0.4) is 0 Å². The van der Waals surface area contributed by atoms with E-state index in [-0.39, 0.29) is 6.10 Å². The first-order valence-electron chi connectivity index (χ1n) is 47.5. The Kier molecular flexibility index (Phi) is 36.5. The van der Waals surface area contributed by atoms with Gasteiger partial charge in [-0.05, 0) is 219 Å². The number of rotatable bonds is 28. The zero-order chi connectivity index (χ0) is 97.6. The fraction of sp³-hybridized carbons (Fsp3) is 0.224. The summed E-state index contributed by atoms with van der Waals surface area (Å²) in [6, 6.07) is 97.7.